The molecule has 5 nitrogen and oxygen atoms in total. The molecule has 0 aromatic carbocycles. The second kappa shape index (κ2) is 5.12. The SMILES string of the molecule is CC(Nc1nc(Cl)nnc1Cl)C1CCCO1. The highest BCUT2D eigenvalue weighted by atomic mass is 35.5. The van der Waals surface area contributed by atoms with Gasteiger partial charge in [-0.15, -0.1) is 10.2 Å². The monoisotopic (exact) mass is 262 g/mol. The van der Waals surface area contributed by atoms with Crippen molar-refractivity contribution in [2.75, 3.05) is 11.9 Å². The highest BCUT2D eigenvalue weighted by Gasteiger charge is 2.23. The number of nitrogens with zero attached hydrogens (tertiary/aromatic N) is 3. The van der Waals surface area contributed by atoms with Gasteiger partial charge in [0.25, 0.3) is 0 Å². The number of halogens is 2. The van der Waals surface area contributed by atoms with Crippen molar-refractivity contribution in [2.45, 2.75) is 31.9 Å². The average molecular weight is 263 g/mol. The van der Waals surface area contributed by atoms with Crippen LogP contribution in [0.5, 0.6) is 0 Å². The van der Waals surface area contributed by atoms with E-state index in [0.717, 1.165) is 19.4 Å². The molecular weight excluding hydrogens is 251 g/mol. The lowest BCUT2D eigenvalue weighted by Gasteiger charge is -2.20. The summed E-state index contributed by atoms with van der Waals surface area (Å²) in [5.41, 5.74) is 0. The van der Waals surface area contributed by atoms with Crippen molar-refractivity contribution < 1.29 is 4.74 Å². The van der Waals surface area contributed by atoms with Crippen LogP contribution in [0.1, 0.15) is 19.8 Å². The third kappa shape index (κ3) is 2.72. The Balaban J connectivity index is 2.04. The number of hydrogen-bond acceptors (Lipinski definition) is 5. The lowest BCUT2D eigenvalue weighted by molar-refractivity contribution is 0.0995. The van der Waals surface area contributed by atoms with Gasteiger partial charge in [0.2, 0.25) is 5.28 Å². The van der Waals surface area contributed by atoms with Crippen LogP contribution in [0.15, 0.2) is 0 Å². The number of ether oxygens (including phenoxy) is 1. The summed E-state index contributed by atoms with van der Waals surface area (Å²) in [6, 6.07) is 0.118. The van der Waals surface area contributed by atoms with Crippen molar-refractivity contribution in [2.24, 2.45) is 0 Å². The van der Waals surface area contributed by atoms with Gasteiger partial charge in [-0.25, -0.2) is 0 Å². The van der Waals surface area contributed by atoms with Gasteiger partial charge in [0.05, 0.1) is 12.1 Å². The summed E-state index contributed by atoms with van der Waals surface area (Å²) in [6.07, 6.45) is 2.32. The third-order valence-corrected chi connectivity index (χ3v) is 2.92. The van der Waals surface area contributed by atoms with E-state index in [9.17, 15) is 0 Å². The first-order valence-electron chi connectivity index (χ1n) is 5.10. The second-order valence-corrected chi connectivity index (χ2v) is 4.40. The largest absolute Gasteiger partial charge is 0.376 e. The van der Waals surface area contributed by atoms with Crippen molar-refractivity contribution in [1.82, 2.24) is 15.2 Å². The van der Waals surface area contributed by atoms with E-state index in [1.54, 1.807) is 0 Å². The van der Waals surface area contributed by atoms with Gasteiger partial charge in [-0.2, -0.15) is 4.98 Å². The van der Waals surface area contributed by atoms with Crippen LogP contribution in [0, 0.1) is 0 Å². The molecule has 1 aliphatic heterocycles. The van der Waals surface area contributed by atoms with Crippen LogP contribution in [0.3, 0.4) is 0 Å². The van der Waals surface area contributed by atoms with Crippen LogP contribution in [-0.4, -0.2) is 33.9 Å². The maximum absolute atomic E-state index is 5.85. The quantitative estimate of drug-likeness (QED) is 0.905. The molecule has 0 amide bonds. The molecule has 2 rings (SSSR count). The Morgan fingerprint density at radius 1 is 1.44 bits per heavy atom. The zero-order valence-corrected chi connectivity index (χ0v) is 10.3. The first kappa shape index (κ1) is 11.8. The normalized spacial score (nSPS) is 22.1. The Kier molecular flexibility index (Phi) is 3.78. The van der Waals surface area contributed by atoms with E-state index in [-0.39, 0.29) is 22.6 Å². The number of aromatic nitrogens is 3. The first-order chi connectivity index (χ1) is 7.66. The van der Waals surface area contributed by atoms with Crippen LogP contribution < -0.4 is 5.32 Å². The number of anilines is 1. The average Bonchev–Trinajstić information content (AvgIpc) is 2.76. The lowest BCUT2D eigenvalue weighted by atomic mass is 10.1. The maximum atomic E-state index is 5.85. The van der Waals surface area contributed by atoms with Crippen molar-refractivity contribution in [3.05, 3.63) is 10.4 Å². The van der Waals surface area contributed by atoms with Gasteiger partial charge >= 0.3 is 0 Å². The number of rotatable bonds is 3. The molecule has 2 atom stereocenters. The van der Waals surface area contributed by atoms with Crippen LogP contribution in [0.2, 0.25) is 10.4 Å². The predicted octanol–water partition coefficient (Wildman–Crippen LogP) is 2.16. The molecular formula is C9H12Cl2N4O. The molecule has 0 bridgehead atoms. The molecule has 1 aromatic rings. The molecule has 1 saturated heterocycles. The highest BCUT2D eigenvalue weighted by molar-refractivity contribution is 6.32. The summed E-state index contributed by atoms with van der Waals surface area (Å²) in [5.74, 6) is 0.449. The highest BCUT2D eigenvalue weighted by Crippen LogP contribution is 2.22. The van der Waals surface area contributed by atoms with Gasteiger partial charge in [-0.1, -0.05) is 11.6 Å². The minimum Gasteiger partial charge on any atom is -0.376 e. The fourth-order valence-electron chi connectivity index (χ4n) is 1.69. The molecule has 7 heteroatoms. The van der Waals surface area contributed by atoms with E-state index in [2.05, 4.69) is 20.5 Å². The van der Waals surface area contributed by atoms with Crippen LogP contribution in [0.4, 0.5) is 5.82 Å². The molecule has 1 fully saturated rings. The summed E-state index contributed by atoms with van der Waals surface area (Å²) in [5, 5.41) is 10.7. The molecule has 1 aliphatic rings. The van der Waals surface area contributed by atoms with Crippen molar-refractivity contribution in [3.8, 4) is 0 Å². The molecule has 0 spiro atoms. The molecule has 1 N–H and O–H groups in total. The Labute approximate surface area is 104 Å². The van der Waals surface area contributed by atoms with Crippen LogP contribution in [-0.2, 0) is 4.74 Å². The fourth-order valence-corrected chi connectivity index (χ4v) is 1.95. The van der Waals surface area contributed by atoms with Crippen LogP contribution >= 0.6 is 23.2 Å². The molecule has 0 radical (unpaired) electrons. The minimum absolute atomic E-state index is 0.0754. The molecule has 16 heavy (non-hydrogen) atoms. The van der Waals surface area contributed by atoms with Crippen molar-refractivity contribution >= 4 is 29.0 Å². The van der Waals surface area contributed by atoms with E-state index < -0.39 is 0 Å². The van der Waals surface area contributed by atoms with Gasteiger partial charge in [-0.05, 0) is 31.4 Å². The standard InChI is InChI=1S/C9H12Cl2N4O/c1-5(6-3-2-4-16-6)12-8-7(10)14-15-9(11)13-8/h5-6H,2-4H2,1H3,(H,12,13,15). The smallest absolute Gasteiger partial charge is 0.245 e. The van der Waals surface area contributed by atoms with Crippen molar-refractivity contribution in [1.29, 1.82) is 0 Å². The van der Waals surface area contributed by atoms with E-state index in [4.69, 9.17) is 27.9 Å². The van der Waals surface area contributed by atoms with Gasteiger partial charge in [-0.3, -0.25) is 0 Å². The topological polar surface area (TPSA) is 59.9 Å². The molecule has 2 heterocycles. The zero-order valence-electron chi connectivity index (χ0n) is 8.78. The van der Waals surface area contributed by atoms with Gasteiger partial charge in [0.15, 0.2) is 11.0 Å². The Morgan fingerprint density at radius 3 is 2.94 bits per heavy atom. The Bertz CT molecular complexity index is 371. The van der Waals surface area contributed by atoms with Gasteiger partial charge in [0.1, 0.15) is 0 Å². The zero-order chi connectivity index (χ0) is 11.5. The van der Waals surface area contributed by atoms with Crippen molar-refractivity contribution in [3.63, 3.8) is 0 Å². The summed E-state index contributed by atoms with van der Waals surface area (Å²) < 4.78 is 5.55. The molecule has 0 saturated carbocycles. The van der Waals surface area contributed by atoms with E-state index in [1.165, 1.54) is 0 Å². The van der Waals surface area contributed by atoms with Gasteiger partial charge in [0, 0.05) is 6.61 Å². The Hall–Kier alpha value is -0.650. The number of nitrogens with one attached hydrogen (secondary N) is 1. The number of hydrogen-bond donors (Lipinski definition) is 1. The van der Waals surface area contributed by atoms with Gasteiger partial charge < -0.3 is 10.1 Å². The second-order valence-electron chi connectivity index (χ2n) is 3.70. The van der Waals surface area contributed by atoms with E-state index in [0.29, 0.717) is 5.82 Å². The van der Waals surface area contributed by atoms with Crippen LogP contribution in [0.25, 0.3) is 0 Å². The molecule has 0 aliphatic carbocycles. The summed E-state index contributed by atoms with van der Waals surface area (Å²) in [4.78, 5) is 3.98. The predicted molar refractivity (Wildman–Crippen MR) is 61.9 cm³/mol. The summed E-state index contributed by atoms with van der Waals surface area (Å²) in [7, 11) is 0. The fraction of sp³-hybridized carbons (Fsp3) is 0.667. The third-order valence-electron chi connectivity index (χ3n) is 2.51. The van der Waals surface area contributed by atoms with E-state index in [1.807, 2.05) is 6.92 Å². The molecule has 1 aromatic heterocycles. The first-order valence-corrected chi connectivity index (χ1v) is 5.86. The van der Waals surface area contributed by atoms with E-state index >= 15 is 0 Å². The summed E-state index contributed by atoms with van der Waals surface area (Å²) >= 11 is 11.5. The Morgan fingerprint density at radius 2 is 2.25 bits per heavy atom. The summed E-state index contributed by atoms with van der Waals surface area (Å²) in [6.45, 7) is 2.83. The lowest BCUT2D eigenvalue weighted by Crippen LogP contribution is -2.30. The minimum atomic E-state index is 0.0754. The molecule has 2 unspecified atom stereocenters. The maximum Gasteiger partial charge on any atom is 0.245 e. The molecule has 88 valence electrons.